The molecule has 0 radical (unpaired) electrons. The van der Waals surface area contributed by atoms with Gasteiger partial charge in [-0.3, -0.25) is 9.58 Å². The molecular weight excluding hydrogens is 300 g/mol. The van der Waals surface area contributed by atoms with Crippen molar-refractivity contribution in [2.45, 2.75) is 64.2 Å². The van der Waals surface area contributed by atoms with Gasteiger partial charge in [-0.15, -0.1) is 0 Å². The highest BCUT2D eigenvalue weighted by Gasteiger charge is 2.24. The van der Waals surface area contributed by atoms with Crippen LogP contribution in [0.1, 0.15) is 49.9 Å². The van der Waals surface area contributed by atoms with Gasteiger partial charge < -0.3 is 5.32 Å². The van der Waals surface area contributed by atoms with Gasteiger partial charge in [-0.05, 0) is 31.4 Å². The van der Waals surface area contributed by atoms with Crippen LogP contribution < -0.4 is 5.32 Å². The zero-order chi connectivity index (χ0) is 16.2. The van der Waals surface area contributed by atoms with Gasteiger partial charge in [0.25, 0.3) is 0 Å². The molecule has 1 aliphatic carbocycles. The average Bonchev–Trinajstić information content (AvgIpc) is 2.92. The number of rotatable bonds is 4. The number of nitrogens with zero attached hydrogens (tertiary/aromatic N) is 5. The second-order valence-electron chi connectivity index (χ2n) is 6.89. The first-order valence-electron chi connectivity index (χ1n) is 9.19. The molecule has 2 aromatic rings. The van der Waals surface area contributed by atoms with Crippen LogP contribution in [0.25, 0.3) is 0 Å². The highest BCUT2D eigenvalue weighted by atomic mass is 15.3. The van der Waals surface area contributed by atoms with Crippen molar-refractivity contribution in [1.82, 2.24) is 24.6 Å². The Morgan fingerprint density at radius 2 is 1.88 bits per heavy atom. The molecule has 6 heteroatoms. The molecule has 0 spiro atoms. The molecular formula is C18H26N6. The van der Waals surface area contributed by atoms with Crippen molar-refractivity contribution in [1.29, 1.82) is 0 Å². The highest BCUT2D eigenvalue weighted by Crippen LogP contribution is 2.26. The predicted octanol–water partition coefficient (Wildman–Crippen LogP) is 2.82. The molecule has 6 nitrogen and oxygen atoms in total. The Morgan fingerprint density at radius 3 is 2.71 bits per heavy atom. The molecule has 0 atom stereocenters. The van der Waals surface area contributed by atoms with E-state index in [1.165, 1.54) is 50.8 Å². The summed E-state index contributed by atoms with van der Waals surface area (Å²) in [5.41, 5.74) is 2.42. The van der Waals surface area contributed by atoms with Gasteiger partial charge in [0.15, 0.2) is 0 Å². The third-order valence-corrected chi connectivity index (χ3v) is 5.18. The lowest BCUT2D eigenvalue weighted by Crippen LogP contribution is -2.36. The monoisotopic (exact) mass is 326 g/mol. The van der Waals surface area contributed by atoms with Crippen LogP contribution >= 0.6 is 0 Å². The Bertz CT molecular complexity index is 647. The zero-order valence-corrected chi connectivity index (χ0v) is 14.2. The fourth-order valence-corrected chi connectivity index (χ4v) is 3.95. The van der Waals surface area contributed by atoms with Crippen LogP contribution in [-0.4, -0.2) is 37.2 Å². The topological polar surface area (TPSA) is 58.9 Å². The molecule has 0 amide bonds. The maximum atomic E-state index is 4.78. The number of aromatic nitrogens is 4. The zero-order valence-electron chi connectivity index (χ0n) is 14.2. The number of hydrogen-bond acceptors (Lipinski definition) is 5. The van der Waals surface area contributed by atoms with Crippen LogP contribution in [0.5, 0.6) is 0 Å². The van der Waals surface area contributed by atoms with Gasteiger partial charge in [-0.2, -0.15) is 5.10 Å². The summed E-state index contributed by atoms with van der Waals surface area (Å²) in [6, 6.07) is 4.85. The first-order chi connectivity index (χ1) is 11.9. The van der Waals surface area contributed by atoms with Crippen LogP contribution in [0.4, 0.5) is 5.95 Å². The van der Waals surface area contributed by atoms with Gasteiger partial charge in [-0.25, -0.2) is 9.97 Å². The largest absolute Gasteiger partial charge is 0.348 e. The quantitative estimate of drug-likeness (QED) is 0.936. The third kappa shape index (κ3) is 3.59. The summed E-state index contributed by atoms with van der Waals surface area (Å²) in [7, 11) is 0. The molecule has 24 heavy (non-hydrogen) atoms. The minimum atomic E-state index is 0.657. The fraction of sp³-hybridized carbons (Fsp3) is 0.611. The van der Waals surface area contributed by atoms with Crippen LogP contribution in [0.3, 0.4) is 0 Å². The van der Waals surface area contributed by atoms with Crippen molar-refractivity contribution in [3.8, 4) is 0 Å². The minimum Gasteiger partial charge on any atom is -0.348 e. The summed E-state index contributed by atoms with van der Waals surface area (Å²) in [4.78, 5) is 11.1. The van der Waals surface area contributed by atoms with Crippen LogP contribution in [-0.2, 0) is 19.6 Å². The lowest BCUT2D eigenvalue weighted by atomic mass is 9.94. The van der Waals surface area contributed by atoms with Crippen molar-refractivity contribution in [3.05, 3.63) is 35.9 Å². The van der Waals surface area contributed by atoms with Gasteiger partial charge in [0, 0.05) is 38.1 Å². The third-order valence-electron chi connectivity index (χ3n) is 5.18. The lowest BCUT2D eigenvalue weighted by Gasteiger charge is -2.33. The van der Waals surface area contributed by atoms with E-state index in [0.717, 1.165) is 24.8 Å². The maximum absolute atomic E-state index is 4.78. The Labute approximate surface area is 143 Å². The number of hydrogen-bond donors (Lipinski definition) is 1. The first-order valence-corrected chi connectivity index (χ1v) is 9.19. The van der Waals surface area contributed by atoms with E-state index in [1.807, 2.05) is 6.07 Å². The van der Waals surface area contributed by atoms with Crippen molar-refractivity contribution in [3.63, 3.8) is 0 Å². The van der Waals surface area contributed by atoms with Crippen LogP contribution in [0.2, 0.25) is 0 Å². The summed E-state index contributed by atoms with van der Waals surface area (Å²) in [6.07, 6.45) is 11.6. The van der Waals surface area contributed by atoms with Crippen LogP contribution in [0.15, 0.2) is 24.5 Å². The molecule has 0 bridgehead atoms. The van der Waals surface area contributed by atoms with Crippen LogP contribution in [0, 0.1) is 0 Å². The standard InChI is InChI=1S/C18H26N6/c1-2-6-16(7-3-1)23-10-5-11-24-17(14-23)12-15(22-24)13-21-18-19-8-4-9-20-18/h4,8-9,12,16H,1-3,5-7,10-11,13-14H2,(H,19,20,21). The Hall–Kier alpha value is -1.95. The second kappa shape index (κ2) is 7.30. The highest BCUT2D eigenvalue weighted by molar-refractivity contribution is 5.24. The molecule has 3 heterocycles. The van der Waals surface area contributed by atoms with Gasteiger partial charge >= 0.3 is 0 Å². The molecule has 4 rings (SSSR count). The molecule has 2 aromatic heterocycles. The van der Waals surface area contributed by atoms with Crippen molar-refractivity contribution in [2.75, 3.05) is 11.9 Å². The van der Waals surface area contributed by atoms with E-state index < -0.39 is 0 Å². The van der Waals surface area contributed by atoms with Crippen molar-refractivity contribution in [2.24, 2.45) is 0 Å². The molecule has 1 fully saturated rings. The maximum Gasteiger partial charge on any atom is 0.222 e. The van der Waals surface area contributed by atoms with E-state index in [9.17, 15) is 0 Å². The van der Waals surface area contributed by atoms with E-state index in [-0.39, 0.29) is 0 Å². The predicted molar refractivity (Wildman–Crippen MR) is 93.5 cm³/mol. The summed E-state index contributed by atoms with van der Waals surface area (Å²) in [5, 5.41) is 8.03. The van der Waals surface area contributed by atoms with Crippen molar-refractivity contribution < 1.29 is 0 Å². The fourth-order valence-electron chi connectivity index (χ4n) is 3.95. The Balaban J connectivity index is 1.42. The van der Waals surface area contributed by atoms with Gasteiger partial charge in [0.05, 0.1) is 17.9 Å². The minimum absolute atomic E-state index is 0.657. The number of nitrogens with one attached hydrogen (secondary N) is 1. The Morgan fingerprint density at radius 1 is 1.04 bits per heavy atom. The molecule has 1 saturated carbocycles. The number of anilines is 1. The summed E-state index contributed by atoms with van der Waals surface area (Å²) in [6.45, 7) is 3.95. The van der Waals surface area contributed by atoms with E-state index in [2.05, 4.69) is 30.9 Å². The molecule has 2 aliphatic rings. The smallest absolute Gasteiger partial charge is 0.222 e. The molecule has 0 saturated heterocycles. The SMILES string of the molecule is c1cnc(NCc2cc3n(n2)CCCN(C2CCCCC2)C3)nc1. The Kier molecular flexibility index (Phi) is 4.74. The van der Waals surface area contributed by atoms with E-state index in [4.69, 9.17) is 5.10 Å². The molecule has 0 unspecified atom stereocenters. The first kappa shape index (κ1) is 15.6. The molecule has 1 aliphatic heterocycles. The average molecular weight is 326 g/mol. The summed E-state index contributed by atoms with van der Waals surface area (Å²) >= 11 is 0. The number of aryl methyl sites for hydroxylation is 1. The second-order valence-corrected chi connectivity index (χ2v) is 6.89. The summed E-state index contributed by atoms with van der Waals surface area (Å²) < 4.78 is 2.20. The lowest BCUT2D eigenvalue weighted by molar-refractivity contribution is 0.150. The van der Waals surface area contributed by atoms with Crippen molar-refractivity contribution >= 4 is 5.95 Å². The van der Waals surface area contributed by atoms with E-state index in [1.54, 1.807) is 12.4 Å². The normalized spacial score (nSPS) is 19.7. The molecule has 1 N–H and O–H groups in total. The van der Waals surface area contributed by atoms with Gasteiger partial charge in [0.1, 0.15) is 0 Å². The van der Waals surface area contributed by atoms with E-state index in [0.29, 0.717) is 12.5 Å². The molecule has 128 valence electrons. The van der Waals surface area contributed by atoms with Gasteiger partial charge in [0.2, 0.25) is 5.95 Å². The summed E-state index contributed by atoms with van der Waals surface area (Å²) in [5.74, 6) is 0.657. The number of fused-ring (bicyclic) bond motifs is 1. The van der Waals surface area contributed by atoms with Gasteiger partial charge in [-0.1, -0.05) is 19.3 Å². The molecule has 0 aromatic carbocycles. The van der Waals surface area contributed by atoms with E-state index >= 15 is 0 Å².